The number of aryl methyl sites for hydroxylation is 1. The first kappa shape index (κ1) is 17.7. The molecule has 0 bridgehead atoms. The smallest absolute Gasteiger partial charge is 0.256 e. The molecule has 1 amide bonds. The Bertz CT molecular complexity index is 1080. The van der Waals surface area contributed by atoms with Crippen molar-refractivity contribution in [2.75, 3.05) is 5.32 Å². The normalized spacial score (nSPS) is 10.6. The molecule has 138 valence electrons. The molecule has 4 aromatic rings. The highest BCUT2D eigenvalue weighted by molar-refractivity contribution is 6.04. The van der Waals surface area contributed by atoms with Crippen LogP contribution < -0.4 is 5.32 Å². The van der Waals surface area contributed by atoms with Crippen molar-refractivity contribution in [3.05, 3.63) is 108 Å². The van der Waals surface area contributed by atoms with Crippen molar-refractivity contribution in [1.29, 1.82) is 0 Å². The van der Waals surface area contributed by atoms with E-state index in [1.165, 1.54) is 11.1 Å². The van der Waals surface area contributed by atoms with Gasteiger partial charge in [0.05, 0.1) is 6.54 Å². The standard InChI is InChI=1S/C24H21N3O/c1-18-6-5-7-19(16-18)17-27-15-14-23(26-27)25-24(28)22-12-10-21(11-13-22)20-8-3-2-4-9-20/h2-16H,17H2,1H3,(H,25,26,28). The number of anilines is 1. The summed E-state index contributed by atoms with van der Waals surface area (Å²) in [6, 6.07) is 27.8. The first-order valence-electron chi connectivity index (χ1n) is 9.23. The fourth-order valence-corrected chi connectivity index (χ4v) is 3.15. The van der Waals surface area contributed by atoms with Crippen LogP contribution in [-0.4, -0.2) is 15.7 Å². The summed E-state index contributed by atoms with van der Waals surface area (Å²) < 4.78 is 1.82. The molecule has 3 aromatic carbocycles. The Hall–Kier alpha value is -3.66. The van der Waals surface area contributed by atoms with Crippen molar-refractivity contribution in [1.82, 2.24) is 9.78 Å². The van der Waals surface area contributed by atoms with Crippen LogP contribution in [0.5, 0.6) is 0 Å². The zero-order chi connectivity index (χ0) is 19.3. The van der Waals surface area contributed by atoms with Gasteiger partial charge in [0.25, 0.3) is 5.91 Å². The second-order valence-corrected chi connectivity index (χ2v) is 6.79. The Balaban J connectivity index is 1.42. The molecule has 0 atom stereocenters. The molecular weight excluding hydrogens is 346 g/mol. The minimum Gasteiger partial charge on any atom is -0.305 e. The van der Waals surface area contributed by atoms with Crippen LogP contribution in [0.25, 0.3) is 11.1 Å². The Kier molecular flexibility index (Phi) is 5.02. The van der Waals surface area contributed by atoms with Gasteiger partial charge in [0.15, 0.2) is 5.82 Å². The Labute approximate surface area is 164 Å². The van der Waals surface area contributed by atoms with Crippen molar-refractivity contribution in [2.24, 2.45) is 0 Å². The molecule has 0 fully saturated rings. The molecule has 0 unspecified atom stereocenters. The van der Waals surface area contributed by atoms with E-state index in [1.54, 1.807) is 0 Å². The Morgan fingerprint density at radius 3 is 2.39 bits per heavy atom. The lowest BCUT2D eigenvalue weighted by molar-refractivity contribution is 0.102. The summed E-state index contributed by atoms with van der Waals surface area (Å²) in [4.78, 5) is 12.5. The largest absolute Gasteiger partial charge is 0.305 e. The molecule has 1 heterocycles. The van der Waals surface area contributed by atoms with E-state index < -0.39 is 0 Å². The van der Waals surface area contributed by atoms with E-state index in [4.69, 9.17) is 0 Å². The third-order valence-electron chi connectivity index (χ3n) is 4.56. The molecule has 4 rings (SSSR count). The maximum atomic E-state index is 12.5. The van der Waals surface area contributed by atoms with Crippen LogP contribution in [-0.2, 0) is 6.54 Å². The molecule has 0 radical (unpaired) electrons. The van der Waals surface area contributed by atoms with Gasteiger partial charge in [-0.05, 0) is 35.7 Å². The number of hydrogen-bond donors (Lipinski definition) is 1. The third-order valence-corrected chi connectivity index (χ3v) is 4.56. The quantitative estimate of drug-likeness (QED) is 0.530. The maximum absolute atomic E-state index is 12.5. The molecule has 1 N–H and O–H groups in total. The van der Waals surface area contributed by atoms with Crippen molar-refractivity contribution >= 4 is 11.7 Å². The summed E-state index contributed by atoms with van der Waals surface area (Å²) >= 11 is 0. The molecule has 1 aromatic heterocycles. The fourth-order valence-electron chi connectivity index (χ4n) is 3.15. The van der Waals surface area contributed by atoms with Gasteiger partial charge in [-0.1, -0.05) is 72.3 Å². The summed E-state index contributed by atoms with van der Waals surface area (Å²) in [5, 5.41) is 7.31. The van der Waals surface area contributed by atoms with E-state index in [0.717, 1.165) is 11.1 Å². The molecule has 0 spiro atoms. The number of nitrogens with zero attached hydrogens (tertiary/aromatic N) is 2. The number of aromatic nitrogens is 2. The summed E-state index contributed by atoms with van der Waals surface area (Å²) in [7, 11) is 0. The van der Waals surface area contributed by atoms with Gasteiger partial charge in [-0.15, -0.1) is 0 Å². The minimum absolute atomic E-state index is 0.166. The van der Waals surface area contributed by atoms with Crippen LogP contribution in [0, 0.1) is 6.92 Å². The predicted octanol–water partition coefficient (Wildman–Crippen LogP) is 5.16. The number of hydrogen-bond acceptors (Lipinski definition) is 2. The molecule has 4 nitrogen and oxygen atoms in total. The van der Waals surface area contributed by atoms with Crippen LogP contribution in [0.1, 0.15) is 21.5 Å². The second-order valence-electron chi connectivity index (χ2n) is 6.79. The summed E-state index contributed by atoms with van der Waals surface area (Å²) in [6.45, 7) is 2.74. The van der Waals surface area contributed by atoms with Crippen molar-refractivity contribution in [3.63, 3.8) is 0 Å². The van der Waals surface area contributed by atoms with E-state index in [9.17, 15) is 4.79 Å². The van der Waals surface area contributed by atoms with Gasteiger partial charge >= 0.3 is 0 Å². The van der Waals surface area contributed by atoms with Crippen molar-refractivity contribution in [3.8, 4) is 11.1 Å². The van der Waals surface area contributed by atoms with Gasteiger partial charge in [0, 0.05) is 17.8 Å². The van der Waals surface area contributed by atoms with Gasteiger partial charge in [0.2, 0.25) is 0 Å². The first-order chi connectivity index (χ1) is 13.7. The van der Waals surface area contributed by atoms with Gasteiger partial charge in [-0.2, -0.15) is 5.10 Å². The Morgan fingerprint density at radius 1 is 0.893 bits per heavy atom. The summed E-state index contributed by atoms with van der Waals surface area (Å²) in [6.07, 6.45) is 1.87. The van der Waals surface area contributed by atoms with E-state index in [2.05, 4.69) is 47.7 Å². The van der Waals surface area contributed by atoms with E-state index in [0.29, 0.717) is 17.9 Å². The van der Waals surface area contributed by atoms with Crippen LogP contribution >= 0.6 is 0 Å². The number of nitrogens with one attached hydrogen (secondary N) is 1. The monoisotopic (exact) mass is 367 g/mol. The third kappa shape index (κ3) is 4.18. The number of carbonyl (C=O) groups is 1. The highest BCUT2D eigenvalue weighted by Gasteiger charge is 2.09. The first-order valence-corrected chi connectivity index (χ1v) is 9.23. The van der Waals surface area contributed by atoms with Crippen LogP contribution in [0.15, 0.2) is 91.1 Å². The van der Waals surface area contributed by atoms with Gasteiger partial charge in [0.1, 0.15) is 0 Å². The molecule has 4 heteroatoms. The van der Waals surface area contributed by atoms with Crippen molar-refractivity contribution < 1.29 is 4.79 Å². The Morgan fingerprint density at radius 2 is 1.64 bits per heavy atom. The zero-order valence-corrected chi connectivity index (χ0v) is 15.7. The zero-order valence-electron chi connectivity index (χ0n) is 15.7. The van der Waals surface area contributed by atoms with Gasteiger partial charge in [-0.3, -0.25) is 9.48 Å². The maximum Gasteiger partial charge on any atom is 0.256 e. The average Bonchev–Trinajstić information content (AvgIpc) is 3.15. The highest BCUT2D eigenvalue weighted by Crippen LogP contribution is 2.19. The van der Waals surface area contributed by atoms with E-state index in [-0.39, 0.29) is 5.91 Å². The SMILES string of the molecule is Cc1cccc(Cn2ccc(NC(=O)c3ccc(-c4ccccc4)cc3)n2)c1. The number of benzene rings is 3. The summed E-state index contributed by atoms with van der Waals surface area (Å²) in [5.41, 5.74) is 5.21. The van der Waals surface area contributed by atoms with E-state index in [1.807, 2.05) is 65.5 Å². The number of amides is 1. The molecule has 0 saturated heterocycles. The lowest BCUT2D eigenvalue weighted by atomic mass is 10.0. The lowest BCUT2D eigenvalue weighted by Crippen LogP contribution is -2.12. The molecule has 0 aliphatic rings. The summed E-state index contributed by atoms with van der Waals surface area (Å²) in [5.74, 6) is 0.380. The number of carbonyl (C=O) groups excluding carboxylic acids is 1. The lowest BCUT2D eigenvalue weighted by Gasteiger charge is -2.05. The molecule has 0 aliphatic carbocycles. The molecule has 28 heavy (non-hydrogen) atoms. The van der Waals surface area contributed by atoms with E-state index >= 15 is 0 Å². The average molecular weight is 367 g/mol. The van der Waals surface area contributed by atoms with Crippen LogP contribution in [0.3, 0.4) is 0 Å². The molecule has 0 saturated carbocycles. The van der Waals surface area contributed by atoms with Gasteiger partial charge < -0.3 is 5.32 Å². The molecule has 0 aliphatic heterocycles. The van der Waals surface area contributed by atoms with Crippen molar-refractivity contribution in [2.45, 2.75) is 13.5 Å². The highest BCUT2D eigenvalue weighted by atomic mass is 16.1. The predicted molar refractivity (Wildman–Crippen MR) is 112 cm³/mol. The molecular formula is C24H21N3O. The second kappa shape index (κ2) is 7.92. The minimum atomic E-state index is -0.166. The van der Waals surface area contributed by atoms with Crippen LogP contribution in [0.4, 0.5) is 5.82 Å². The number of rotatable bonds is 5. The fraction of sp³-hybridized carbons (Fsp3) is 0.0833. The van der Waals surface area contributed by atoms with Crippen LogP contribution in [0.2, 0.25) is 0 Å². The topological polar surface area (TPSA) is 46.9 Å². The van der Waals surface area contributed by atoms with Gasteiger partial charge in [-0.25, -0.2) is 0 Å².